The first-order valence-electron chi connectivity index (χ1n) is 5.27. The molecule has 1 aromatic heterocycles. The van der Waals surface area contributed by atoms with Gasteiger partial charge in [-0.15, -0.1) is 11.6 Å². The molecule has 0 amide bonds. The van der Waals surface area contributed by atoms with Crippen molar-refractivity contribution >= 4 is 33.3 Å². The van der Waals surface area contributed by atoms with Crippen molar-refractivity contribution in [1.82, 2.24) is 4.98 Å². The molecule has 17 heavy (non-hydrogen) atoms. The number of nitrogens with one attached hydrogen (secondary N) is 1. The summed E-state index contributed by atoms with van der Waals surface area (Å²) in [7, 11) is 0. The zero-order chi connectivity index (χ0) is 12.1. The van der Waals surface area contributed by atoms with E-state index in [9.17, 15) is 0 Å². The fourth-order valence-corrected chi connectivity index (χ4v) is 1.83. The smallest absolute Gasteiger partial charge is 0.126 e. The maximum absolute atomic E-state index is 5.74. The van der Waals surface area contributed by atoms with Crippen LogP contribution in [-0.4, -0.2) is 4.98 Å². The standard InChI is InChI=1S/C13H12BrClN2/c14-12-5-6-13(17-9-12)16-8-11-3-1-10(7-15)2-4-11/h1-6,9H,7-8H2,(H,16,17). The lowest BCUT2D eigenvalue weighted by molar-refractivity contribution is 1.10. The molecule has 0 bridgehead atoms. The summed E-state index contributed by atoms with van der Waals surface area (Å²) in [6.07, 6.45) is 1.78. The molecule has 0 aliphatic carbocycles. The average molecular weight is 312 g/mol. The first-order valence-corrected chi connectivity index (χ1v) is 6.60. The van der Waals surface area contributed by atoms with E-state index in [0.29, 0.717) is 5.88 Å². The van der Waals surface area contributed by atoms with Crippen LogP contribution < -0.4 is 5.32 Å². The van der Waals surface area contributed by atoms with E-state index in [1.807, 2.05) is 24.3 Å². The van der Waals surface area contributed by atoms with E-state index >= 15 is 0 Å². The first-order chi connectivity index (χ1) is 8.28. The highest BCUT2D eigenvalue weighted by Gasteiger charge is 1.96. The lowest BCUT2D eigenvalue weighted by Crippen LogP contribution is -2.00. The van der Waals surface area contributed by atoms with Gasteiger partial charge in [0.05, 0.1) is 0 Å². The molecular formula is C13H12BrClN2. The Labute approximate surface area is 114 Å². The van der Waals surface area contributed by atoms with E-state index in [4.69, 9.17) is 11.6 Å². The van der Waals surface area contributed by atoms with E-state index in [2.05, 4.69) is 38.4 Å². The predicted octanol–water partition coefficient (Wildman–Crippen LogP) is 4.20. The molecule has 0 atom stereocenters. The van der Waals surface area contributed by atoms with Gasteiger partial charge in [-0.2, -0.15) is 0 Å². The molecule has 2 aromatic rings. The Hall–Kier alpha value is -1.06. The fourth-order valence-electron chi connectivity index (χ4n) is 1.42. The number of halogens is 2. The molecule has 0 radical (unpaired) electrons. The van der Waals surface area contributed by atoms with E-state index in [1.165, 1.54) is 5.56 Å². The van der Waals surface area contributed by atoms with E-state index in [-0.39, 0.29) is 0 Å². The summed E-state index contributed by atoms with van der Waals surface area (Å²) >= 11 is 9.09. The normalized spacial score (nSPS) is 10.2. The highest BCUT2D eigenvalue weighted by Crippen LogP contribution is 2.12. The Kier molecular flexibility index (Phi) is 4.40. The van der Waals surface area contributed by atoms with Gasteiger partial charge < -0.3 is 5.32 Å². The maximum Gasteiger partial charge on any atom is 0.126 e. The minimum absolute atomic E-state index is 0.558. The van der Waals surface area contributed by atoms with Crippen molar-refractivity contribution in [3.63, 3.8) is 0 Å². The SMILES string of the molecule is ClCc1ccc(CNc2ccc(Br)cn2)cc1. The number of benzene rings is 1. The molecule has 0 unspecified atom stereocenters. The zero-order valence-electron chi connectivity index (χ0n) is 9.16. The summed E-state index contributed by atoms with van der Waals surface area (Å²) in [5.41, 5.74) is 2.35. The lowest BCUT2D eigenvalue weighted by Gasteiger charge is -2.06. The van der Waals surface area contributed by atoms with Crippen LogP contribution in [0.4, 0.5) is 5.82 Å². The van der Waals surface area contributed by atoms with E-state index in [0.717, 1.165) is 22.4 Å². The number of hydrogen-bond acceptors (Lipinski definition) is 2. The maximum atomic E-state index is 5.74. The molecule has 1 N–H and O–H groups in total. The quantitative estimate of drug-likeness (QED) is 0.856. The third kappa shape index (κ3) is 3.72. The summed E-state index contributed by atoms with van der Waals surface area (Å²) in [4.78, 5) is 4.25. The van der Waals surface area contributed by atoms with Gasteiger partial charge in [-0.25, -0.2) is 4.98 Å². The topological polar surface area (TPSA) is 24.9 Å². The third-order valence-electron chi connectivity index (χ3n) is 2.38. The molecule has 88 valence electrons. The highest BCUT2D eigenvalue weighted by atomic mass is 79.9. The minimum Gasteiger partial charge on any atom is -0.366 e. The van der Waals surface area contributed by atoms with Crippen LogP contribution in [0.1, 0.15) is 11.1 Å². The summed E-state index contributed by atoms with van der Waals surface area (Å²) in [6.45, 7) is 0.761. The Balaban J connectivity index is 1.95. The van der Waals surface area contributed by atoms with Gasteiger partial charge in [0, 0.05) is 23.1 Å². The molecule has 0 aliphatic heterocycles. The third-order valence-corrected chi connectivity index (χ3v) is 3.16. The van der Waals surface area contributed by atoms with Crippen LogP contribution in [0.3, 0.4) is 0 Å². The largest absolute Gasteiger partial charge is 0.366 e. The van der Waals surface area contributed by atoms with Crippen LogP contribution in [0.15, 0.2) is 47.1 Å². The van der Waals surface area contributed by atoms with E-state index in [1.54, 1.807) is 6.20 Å². The van der Waals surface area contributed by atoms with Gasteiger partial charge in [-0.1, -0.05) is 24.3 Å². The molecule has 0 saturated carbocycles. The zero-order valence-corrected chi connectivity index (χ0v) is 11.5. The lowest BCUT2D eigenvalue weighted by atomic mass is 10.1. The predicted molar refractivity (Wildman–Crippen MR) is 75.3 cm³/mol. The Morgan fingerprint density at radius 3 is 2.35 bits per heavy atom. The number of rotatable bonds is 4. The van der Waals surface area contributed by atoms with Gasteiger partial charge >= 0.3 is 0 Å². The highest BCUT2D eigenvalue weighted by molar-refractivity contribution is 9.10. The number of aromatic nitrogens is 1. The number of nitrogens with zero attached hydrogens (tertiary/aromatic N) is 1. The van der Waals surface area contributed by atoms with Crippen molar-refractivity contribution < 1.29 is 0 Å². The molecule has 1 aromatic carbocycles. The number of pyridine rings is 1. The molecule has 4 heteroatoms. The molecule has 0 fully saturated rings. The Bertz CT molecular complexity index is 468. The van der Waals surface area contributed by atoms with Gasteiger partial charge in [-0.3, -0.25) is 0 Å². The number of anilines is 1. The number of hydrogen-bond donors (Lipinski definition) is 1. The second-order valence-electron chi connectivity index (χ2n) is 3.67. The Morgan fingerprint density at radius 2 is 1.76 bits per heavy atom. The van der Waals surface area contributed by atoms with Crippen LogP contribution in [0.25, 0.3) is 0 Å². The molecule has 0 aliphatic rings. The molecule has 0 saturated heterocycles. The molecular weight excluding hydrogens is 300 g/mol. The van der Waals surface area contributed by atoms with Crippen molar-refractivity contribution in [3.8, 4) is 0 Å². The van der Waals surface area contributed by atoms with Crippen molar-refractivity contribution in [3.05, 3.63) is 58.2 Å². The molecule has 0 spiro atoms. The van der Waals surface area contributed by atoms with Gasteiger partial charge in [0.2, 0.25) is 0 Å². The van der Waals surface area contributed by atoms with Crippen LogP contribution in [0.5, 0.6) is 0 Å². The van der Waals surface area contributed by atoms with Crippen LogP contribution >= 0.6 is 27.5 Å². The van der Waals surface area contributed by atoms with Gasteiger partial charge in [0.25, 0.3) is 0 Å². The van der Waals surface area contributed by atoms with E-state index < -0.39 is 0 Å². The van der Waals surface area contributed by atoms with Crippen molar-refractivity contribution in [2.75, 3.05) is 5.32 Å². The molecule has 1 heterocycles. The van der Waals surface area contributed by atoms with Gasteiger partial charge in [0.15, 0.2) is 0 Å². The van der Waals surface area contributed by atoms with Crippen LogP contribution in [0, 0.1) is 0 Å². The van der Waals surface area contributed by atoms with Crippen molar-refractivity contribution in [2.24, 2.45) is 0 Å². The summed E-state index contributed by atoms with van der Waals surface area (Å²) in [5.74, 6) is 1.43. The van der Waals surface area contributed by atoms with Crippen LogP contribution in [0.2, 0.25) is 0 Å². The van der Waals surface area contributed by atoms with Crippen molar-refractivity contribution in [1.29, 1.82) is 0 Å². The molecule has 2 rings (SSSR count). The Morgan fingerprint density at radius 1 is 1.06 bits per heavy atom. The monoisotopic (exact) mass is 310 g/mol. The van der Waals surface area contributed by atoms with Gasteiger partial charge in [-0.05, 0) is 39.2 Å². The second-order valence-corrected chi connectivity index (χ2v) is 4.85. The summed E-state index contributed by atoms with van der Waals surface area (Å²) < 4.78 is 0.981. The van der Waals surface area contributed by atoms with Crippen molar-refractivity contribution in [2.45, 2.75) is 12.4 Å². The first kappa shape index (κ1) is 12.4. The number of alkyl halides is 1. The van der Waals surface area contributed by atoms with Gasteiger partial charge in [0.1, 0.15) is 5.82 Å². The summed E-state index contributed by atoms with van der Waals surface area (Å²) in [6, 6.07) is 12.1. The molecule has 2 nitrogen and oxygen atoms in total. The second kappa shape index (κ2) is 6.03. The average Bonchev–Trinajstić information content (AvgIpc) is 2.39. The minimum atomic E-state index is 0.558. The van der Waals surface area contributed by atoms with Crippen LogP contribution in [-0.2, 0) is 12.4 Å². The summed E-state index contributed by atoms with van der Waals surface area (Å²) in [5, 5.41) is 3.26. The fraction of sp³-hybridized carbons (Fsp3) is 0.154.